The zero-order valence-corrected chi connectivity index (χ0v) is 53.8. The normalized spacial score (nSPS) is 12.6. The number of hydrogen-bond donors (Lipinski definition) is 0. The molecular weight excluding hydrogens is 997 g/mol. The summed E-state index contributed by atoms with van der Waals surface area (Å²) in [6.07, 6.45) is 92.5. The van der Waals surface area contributed by atoms with Crippen molar-refractivity contribution in [2.75, 3.05) is 13.2 Å². The second-order valence-corrected chi connectivity index (χ2v) is 23.4. The van der Waals surface area contributed by atoms with E-state index in [4.69, 9.17) is 14.2 Å². The van der Waals surface area contributed by atoms with Crippen molar-refractivity contribution in [2.24, 2.45) is 0 Å². The summed E-state index contributed by atoms with van der Waals surface area (Å²) < 4.78 is 16.8. The number of carbonyl (C=O) groups is 3. The summed E-state index contributed by atoms with van der Waals surface area (Å²) in [5, 5.41) is 0. The van der Waals surface area contributed by atoms with Crippen LogP contribution in [0.4, 0.5) is 0 Å². The average Bonchev–Trinajstić information content (AvgIpc) is 3.46. The van der Waals surface area contributed by atoms with Gasteiger partial charge >= 0.3 is 17.9 Å². The summed E-state index contributed by atoms with van der Waals surface area (Å²) >= 11 is 0. The quantitative estimate of drug-likeness (QED) is 0.0261. The van der Waals surface area contributed by atoms with Gasteiger partial charge in [0.25, 0.3) is 0 Å². The molecule has 0 spiro atoms. The summed E-state index contributed by atoms with van der Waals surface area (Å²) in [4.78, 5) is 38.2. The fourth-order valence-electron chi connectivity index (χ4n) is 10.2. The second kappa shape index (κ2) is 69.1. The summed E-state index contributed by atoms with van der Waals surface area (Å²) in [7, 11) is 0. The molecule has 0 aromatic rings. The summed E-state index contributed by atoms with van der Waals surface area (Å²) in [6, 6.07) is 0. The van der Waals surface area contributed by atoms with E-state index in [1.807, 2.05) is 6.08 Å². The van der Waals surface area contributed by atoms with Crippen molar-refractivity contribution in [3.63, 3.8) is 0 Å². The number of hydrogen-bond acceptors (Lipinski definition) is 6. The largest absolute Gasteiger partial charge is 0.462 e. The number of carbonyl (C=O) groups excluding carboxylic acids is 3. The van der Waals surface area contributed by atoms with Gasteiger partial charge in [0, 0.05) is 12.8 Å². The molecule has 0 saturated carbocycles. The van der Waals surface area contributed by atoms with Crippen molar-refractivity contribution in [2.45, 2.75) is 361 Å². The Morgan fingerprint density at radius 1 is 0.272 bits per heavy atom. The molecule has 0 aliphatic heterocycles. The number of esters is 3. The molecule has 0 rings (SSSR count). The molecule has 0 aliphatic rings. The fraction of sp³-hybridized carbons (Fsp3) is 0.773. The van der Waals surface area contributed by atoms with Crippen molar-refractivity contribution in [3.8, 4) is 0 Å². The molecule has 0 heterocycles. The maximum absolute atomic E-state index is 12.8. The Morgan fingerprint density at radius 2 is 0.543 bits per heavy atom. The van der Waals surface area contributed by atoms with E-state index in [1.54, 1.807) is 6.08 Å². The van der Waals surface area contributed by atoms with Crippen molar-refractivity contribution < 1.29 is 28.6 Å². The smallest absolute Gasteiger partial charge is 0.310 e. The molecule has 0 radical (unpaired) electrons. The molecule has 6 heteroatoms. The van der Waals surface area contributed by atoms with Crippen LogP contribution in [0.5, 0.6) is 0 Å². The highest BCUT2D eigenvalue weighted by molar-refractivity contribution is 5.72. The minimum absolute atomic E-state index is 0.0947. The molecule has 0 saturated heterocycles. The predicted molar refractivity (Wildman–Crippen MR) is 353 cm³/mol. The number of rotatable bonds is 64. The molecule has 0 fully saturated rings. The highest BCUT2D eigenvalue weighted by atomic mass is 16.6. The third-order valence-corrected chi connectivity index (χ3v) is 15.4. The monoisotopic (exact) mass is 1130 g/mol. The van der Waals surface area contributed by atoms with Crippen LogP contribution in [-0.4, -0.2) is 37.2 Å². The minimum atomic E-state index is -0.837. The number of ether oxygens (including phenoxy) is 3. The van der Waals surface area contributed by atoms with Crippen LogP contribution in [0.1, 0.15) is 355 Å². The van der Waals surface area contributed by atoms with Gasteiger partial charge in [-0.15, -0.1) is 0 Å². The number of unbranched alkanes of at least 4 members (excludes halogenated alkanes) is 40. The molecule has 1 unspecified atom stereocenters. The SMILES string of the molecule is CC/C=C\C/C=C\C/C=C\C/C=C\C/C=C\CC(=O)OC(COC(=O)CCCCCCC/C=C\C/C=C\CCC)COC(=O)CCCCCCCCCCCCCCCCCCCCCCCCCCCCCCCCCCCCC. The Labute approximate surface area is 503 Å². The second-order valence-electron chi connectivity index (χ2n) is 23.4. The zero-order valence-electron chi connectivity index (χ0n) is 53.8. The molecular formula is C75H132O6. The van der Waals surface area contributed by atoms with Crippen LogP contribution in [0.2, 0.25) is 0 Å². The van der Waals surface area contributed by atoms with E-state index in [-0.39, 0.29) is 31.6 Å². The molecule has 0 aromatic carbocycles. The van der Waals surface area contributed by atoms with Gasteiger partial charge in [-0.25, -0.2) is 0 Å². The first kappa shape index (κ1) is 77.6. The topological polar surface area (TPSA) is 78.9 Å². The lowest BCUT2D eigenvalue weighted by atomic mass is 10.0. The molecule has 1 atom stereocenters. The Hall–Kier alpha value is -3.41. The van der Waals surface area contributed by atoms with E-state index in [0.29, 0.717) is 12.8 Å². The fourth-order valence-corrected chi connectivity index (χ4v) is 10.2. The van der Waals surface area contributed by atoms with Crippen LogP contribution in [0.15, 0.2) is 85.1 Å². The molecule has 0 N–H and O–H groups in total. The molecule has 0 aromatic heterocycles. The van der Waals surface area contributed by atoms with Crippen molar-refractivity contribution in [1.82, 2.24) is 0 Å². The van der Waals surface area contributed by atoms with Crippen LogP contribution >= 0.6 is 0 Å². The standard InChI is InChI=1S/C75H132O6/c1-4-7-10-13-16-19-22-25-27-28-29-30-31-32-33-34-35-36-37-38-39-40-41-42-43-44-45-46-48-50-53-56-59-62-65-68-74(77)80-71-72(70-79-73(76)67-64-61-58-55-52-49-24-21-18-15-12-9-6-3)81-75(78)69-66-63-60-57-54-51-47-26-23-20-17-14-11-8-5-2/h8,11-12,15,17,20-21,24,26,47,54,57,63,66,72H,4-7,9-10,13-14,16,18-19,22-23,25,27-46,48-53,55-56,58-62,64-65,67-71H2,1-3H3/b11-8-,15-12-,20-17-,24-21-,47-26-,57-54-,66-63-. The summed E-state index contributed by atoms with van der Waals surface area (Å²) in [6.45, 7) is 6.40. The van der Waals surface area contributed by atoms with E-state index < -0.39 is 12.1 Å². The van der Waals surface area contributed by atoms with Crippen molar-refractivity contribution >= 4 is 17.9 Å². The van der Waals surface area contributed by atoms with E-state index in [0.717, 1.165) is 103 Å². The first-order valence-electron chi connectivity index (χ1n) is 35.1. The maximum atomic E-state index is 12.8. The first-order chi connectivity index (χ1) is 40.0. The molecule has 6 nitrogen and oxygen atoms in total. The highest BCUT2D eigenvalue weighted by Gasteiger charge is 2.19. The molecule has 81 heavy (non-hydrogen) atoms. The van der Waals surface area contributed by atoms with E-state index in [1.165, 1.54) is 212 Å². The van der Waals surface area contributed by atoms with Gasteiger partial charge < -0.3 is 14.2 Å². The summed E-state index contributed by atoms with van der Waals surface area (Å²) in [5.41, 5.74) is 0. The van der Waals surface area contributed by atoms with Crippen LogP contribution < -0.4 is 0 Å². The third kappa shape index (κ3) is 67.3. The Morgan fingerprint density at radius 3 is 0.864 bits per heavy atom. The van der Waals surface area contributed by atoms with Crippen molar-refractivity contribution in [1.29, 1.82) is 0 Å². The lowest BCUT2D eigenvalue weighted by Gasteiger charge is -2.18. The van der Waals surface area contributed by atoms with Gasteiger partial charge in [0.15, 0.2) is 6.10 Å². The third-order valence-electron chi connectivity index (χ3n) is 15.4. The van der Waals surface area contributed by atoms with E-state index in [9.17, 15) is 14.4 Å². The van der Waals surface area contributed by atoms with Crippen molar-refractivity contribution in [3.05, 3.63) is 85.1 Å². The van der Waals surface area contributed by atoms with Crippen LogP contribution in [0.3, 0.4) is 0 Å². The first-order valence-corrected chi connectivity index (χ1v) is 35.1. The lowest BCUT2D eigenvalue weighted by molar-refractivity contribution is -0.166. The molecule has 468 valence electrons. The lowest BCUT2D eigenvalue weighted by Crippen LogP contribution is -2.30. The van der Waals surface area contributed by atoms with Crippen LogP contribution in [0, 0.1) is 0 Å². The van der Waals surface area contributed by atoms with Gasteiger partial charge in [0.1, 0.15) is 13.2 Å². The molecule has 0 amide bonds. The Balaban J connectivity index is 4.11. The van der Waals surface area contributed by atoms with E-state index in [2.05, 4.69) is 93.7 Å². The average molecular weight is 1130 g/mol. The summed E-state index contributed by atoms with van der Waals surface area (Å²) in [5.74, 6) is -1.05. The van der Waals surface area contributed by atoms with E-state index >= 15 is 0 Å². The Bertz CT molecular complexity index is 1530. The molecule has 0 bridgehead atoms. The number of allylic oxidation sites excluding steroid dienone is 13. The highest BCUT2D eigenvalue weighted by Crippen LogP contribution is 2.18. The van der Waals surface area contributed by atoms with Crippen LogP contribution in [-0.2, 0) is 28.6 Å². The van der Waals surface area contributed by atoms with Gasteiger partial charge in [0.05, 0.1) is 6.42 Å². The van der Waals surface area contributed by atoms with Crippen LogP contribution in [0.25, 0.3) is 0 Å². The maximum Gasteiger partial charge on any atom is 0.310 e. The minimum Gasteiger partial charge on any atom is -0.462 e. The van der Waals surface area contributed by atoms with Gasteiger partial charge in [0.2, 0.25) is 0 Å². The van der Waals surface area contributed by atoms with Gasteiger partial charge in [-0.05, 0) is 70.6 Å². The van der Waals surface area contributed by atoms with Gasteiger partial charge in [-0.2, -0.15) is 0 Å². The predicted octanol–water partition coefficient (Wildman–Crippen LogP) is 24.2. The molecule has 0 aliphatic carbocycles. The van der Waals surface area contributed by atoms with Gasteiger partial charge in [-0.1, -0.05) is 350 Å². The zero-order chi connectivity index (χ0) is 58.5. The Kier molecular flexibility index (Phi) is 66.2. The van der Waals surface area contributed by atoms with Gasteiger partial charge in [-0.3, -0.25) is 14.4 Å².